The molecule has 2 saturated heterocycles. The summed E-state index contributed by atoms with van der Waals surface area (Å²) in [5.74, 6) is 0. The maximum atomic E-state index is 6.06. The van der Waals surface area contributed by atoms with Gasteiger partial charge in [-0.15, -0.1) is 0 Å². The molecule has 3 nitrogen and oxygen atoms in total. The van der Waals surface area contributed by atoms with Crippen LogP contribution in [0.5, 0.6) is 0 Å². The van der Waals surface area contributed by atoms with E-state index in [0.717, 1.165) is 12.1 Å². The number of benzene rings is 1. The van der Waals surface area contributed by atoms with Crippen molar-refractivity contribution in [2.24, 2.45) is 5.73 Å². The second-order valence-electron chi connectivity index (χ2n) is 6.00. The van der Waals surface area contributed by atoms with Gasteiger partial charge in [0.05, 0.1) is 0 Å². The van der Waals surface area contributed by atoms with E-state index in [1.54, 1.807) is 0 Å². The second kappa shape index (κ2) is 5.61. The Morgan fingerprint density at radius 3 is 2.63 bits per heavy atom. The molecule has 1 aromatic carbocycles. The minimum Gasteiger partial charge on any atom is -0.329 e. The molecule has 19 heavy (non-hydrogen) atoms. The molecule has 3 rings (SSSR count). The lowest BCUT2D eigenvalue weighted by Crippen LogP contribution is -2.40. The Kier molecular flexibility index (Phi) is 3.87. The molecule has 2 fully saturated rings. The molecule has 0 spiro atoms. The highest BCUT2D eigenvalue weighted by Gasteiger charge is 2.36. The lowest BCUT2D eigenvalue weighted by atomic mass is 10.0. The first-order chi connectivity index (χ1) is 9.29. The summed E-state index contributed by atoms with van der Waals surface area (Å²) in [7, 11) is 2.30. The maximum Gasteiger partial charge on any atom is 0.0471 e. The lowest BCUT2D eigenvalue weighted by molar-refractivity contribution is 0.175. The van der Waals surface area contributed by atoms with E-state index in [4.69, 9.17) is 5.73 Å². The summed E-state index contributed by atoms with van der Waals surface area (Å²) in [6.07, 6.45) is 4.02. The molecule has 3 heteroatoms. The zero-order chi connectivity index (χ0) is 13.2. The van der Waals surface area contributed by atoms with Gasteiger partial charge in [0.15, 0.2) is 0 Å². The van der Waals surface area contributed by atoms with Crippen molar-refractivity contribution in [3.05, 3.63) is 35.9 Å². The summed E-state index contributed by atoms with van der Waals surface area (Å²) in [5.41, 5.74) is 7.43. The van der Waals surface area contributed by atoms with Crippen molar-refractivity contribution in [3.63, 3.8) is 0 Å². The maximum absolute atomic E-state index is 6.06. The molecule has 3 unspecified atom stereocenters. The Labute approximate surface area is 116 Å². The summed E-state index contributed by atoms with van der Waals surface area (Å²) in [6.45, 7) is 3.07. The van der Waals surface area contributed by atoms with Crippen LogP contribution in [0, 0.1) is 0 Å². The molecule has 0 radical (unpaired) electrons. The van der Waals surface area contributed by atoms with Crippen LogP contribution in [0.3, 0.4) is 0 Å². The fraction of sp³-hybridized carbons (Fsp3) is 0.625. The highest BCUT2D eigenvalue weighted by atomic mass is 15.3. The van der Waals surface area contributed by atoms with E-state index in [1.165, 1.54) is 37.9 Å². The van der Waals surface area contributed by atoms with Gasteiger partial charge in [-0.05, 0) is 31.9 Å². The quantitative estimate of drug-likeness (QED) is 0.899. The van der Waals surface area contributed by atoms with Gasteiger partial charge >= 0.3 is 0 Å². The average Bonchev–Trinajstić information content (AvgIpc) is 2.68. The predicted molar refractivity (Wildman–Crippen MR) is 79.0 cm³/mol. The van der Waals surface area contributed by atoms with E-state index in [1.807, 2.05) is 0 Å². The third-order valence-corrected chi connectivity index (χ3v) is 5.03. The molecule has 0 amide bonds. The van der Waals surface area contributed by atoms with Crippen LogP contribution >= 0.6 is 0 Å². The SMILES string of the molecule is CN1C2CCC1CN(C(CN)c1ccccc1)CC2. The number of rotatable bonds is 3. The van der Waals surface area contributed by atoms with Crippen LogP contribution in [0.25, 0.3) is 0 Å². The van der Waals surface area contributed by atoms with E-state index in [-0.39, 0.29) is 0 Å². The fourth-order valence-electron chi connectivity index (χ4n) is 3.79. The molecule has 2 bridgehead atoms. The van der Waals surface area contributed by atoms with Crippen molar-refractivity contribution < 1.29 is 0 Å². The predicted octanol–water partition coefficient (Wildman–Crippen LogP) is 1.85. The van der Waals surface area contributed by atoms with Crippen molar-refractivity contribution in [1.82, 2.24) is 9.80 Å². The second-order valence-corrected chi connectivity index (χ2v) is 6.00. The third kappa shape index (κ3) is 2.55. The van der Waals surface area contributed by atoms with Gasteiger partial charge in [0.1, 0.15) is 0 Å². The van der Waals surface area contributed by atoms with Crippen LogP contribution in [0.2, 0.25) is 0 Å². The Balaban J connectivity index is 1.77. The highest BCUT2D eigenvalue weighted by Crippen LogP contribution is 2.31. The summed E-state index contributed by atoms with van der Waals surface area (Å²) < 4.78 is 0. The van der Waals surface area contributed by atoms with Crippen molar-refractivity contribution in [3.8, 4) is 0 Å². The number of likely N-dealkylation sites (N-methyl/N-ethyl adjacent to an activating group) is 1. The fourth-order valence-corrected chi connectivity index (χ4v) is 3.79. The first kappa shape index (κ1) is 13.1. The molecule has 2 heterocycles. The van der Waals surface area contributed by atoms with Gasteiger partial charge in [0.25, 0.3) is 0 Å². The molecule has 2 N–H and O–H groups in total. The monoisotopic (exact) mass is 259 g/mol. The van der Waals surface area contributed by atoms with Gasteiger partial charge in [-0.25, -0.2) is 0 Å². The van der Waals surface area contributed by atoms with Crippen LogP contribution < -0.4 is 5.73 Å². The van der Waals surface area contributed by atoms with Crippen molar-refractivity contribution >= 4 is 0 Å². The largest absolute Gasteiger partial charge is 0.329 e. The van der Waals surface area contributed by atoms with Crippen LogP contribution in [-0.4, -0.2) is 48.6 Å². The minimum atomic E-state index is 0.383. The van der Waals surface area contributed by atoms with Crippen LogP contribution in [0.1, 0.15) is 30.9 Å². The van der Waals surface area contributed by atoms with Crippen molar-refractivity contribution in [1.29, 1.82) is 0 Å². The molecule has 1 aromatic rings. The van der Waals surface area contributed by atoms with Crippen LogP contribution in [-0.2, 0) is 0 Å². The van der Waals surface area contributed by atoms with E-state index < -0.39 is 0 Å². The minimum absolute atomic E-state index is 0.383. The molecule has 0 aliphatic carbocycles. The molecular formula is C16H25N3. The summed E-state index contributed by atoms with van der Waals surface area (Å²) >= 11 is 0. The lowest BCUT2D eigenvalue weighted by Gasteiger charge is -2.32. The van der Waals surface area contributed by atoms with E-state index in [0.29, 0.717) is 12.6 Å². The Hall–Kier alpha value is -0.900. The topological polar surface area (TPSA) is 32.5 Å². The molecule has 0 saturated carbocycles. The Morgan fingerprint density at radius 2 is 1.89 bits per heavy atom. The van der Waals surface area contributed by atoms with Crippen LogP contribution in [0.4, 0.5) is 0 Å². The normalized spacial score (nSPS) is 30.2. The molecule has 2 aliphatic rings. The number of likely N-dealkylation sites (tertiary alicyclic amines) is 1. The molecular weight excluding hydrogens is 234 g/mol. The van der Waals surface area contributed by atoms with Crippen molar-refractivity contribution in [2.75, 3.05) is 26.7 Å². The molecule has 0 aromatic heterocycles. The number of nitrogens with two attached hydrogens (primary N) is 1. The van der Waals surface area contributed by atoms with Gasteiger partial charge in [-0.2, -0.15) is 0 Å². The first-order valence-electron chi connectivity index (χ1n) is 7.50. The highest BCUT2D eigenvalue weighted by molar-refractivity contribution is 5.19. The first-order valence-corrected chi connectivity index (χ1v) is 7.50. The number of hydrogen-bond donors (Lipinski definition) is 1. The van der Waals surface area contributed by atoms with Crippen molar-refractivity contribution in [2.45, 2.75) is 37.4 Å². The van der Waals surface area contributed by atoms with Crippen LogP contribution in [0.15, 0.2) is 30.3 Å². The van der Waals surface area contributed by atoms with Gasteiger partial charge in [0, 0.05) is 37.8 Å². The molecule has 3 atom stereocenters. The number of nitrogens with zero attached hydrogens (tertiary/aromatic N) is 2. The number of fused-ring (bicyclic) bond motifs is 2. The zero-order valence-corrected chi connectivity index (χ0v) is 11.8. The van der Waals surface area contributed by atoms with Gasteiger partial charge in [-0.3, -0.25) is 9.80 Å². The zero-order valence-electron chi connectivity index (χ0n) is 11.8. The summed E-state index contributed by atoms with van der Waals surface area (Å²) in [6, 6.07) is 12.6. The Bertz CT molecular complexity index is 406. The Morgan fingerprint density at radius 1 is 1.16 bits per heavy atom. The average molecular weight is 259 g/mol. The van der Waals surface area contributed by atoms with E-state index >= 15 is 0 Å². The summed E-state index contributed by atoms with van der Waals surface area (Å²) in [4.78, 5) is 5.20. The smallest absolute Gasteiger partial charge is 0.0471 e. The van der Waals surface area contributed by atoms with Gasteiger partial charge < -0.3 is 5.73 Å². The van der Waals surface area contributed by atoms with Gasteiger partial charge in [-0.1, -0.05) is 30.3 Å². The van der Waals surface area contributed by atoms with E-state index in [2.05, 4.69) is 47.2 Å². The van der Waals surface area contributed by atoms with Gasteiger partial charge in [0.2, 0.25) is 0 Å². The molecule has 2 aliphatic heterocycles. The third-order valence-electron chi connectivity index (χ3n) is 5.03. The molecule has 104 valence electrons. The standard InChI is InChI=1S/C16H25N3/c1-18-14-7-8-15(18)12-19(10-9-14)16(11-17)13-5-3-2-4-6-13/h2-6,14-16H,7-12,17H2,1H3. The van der Waals surface area contributed by atoms with E-state index in [9.17, 15) is 0 Å². The number of hydrogen-bond acceptors (Lipinski definition) is 3. The summed E-state index contributed by atoms with van der Waals surface area (Å²) in [5, 5.41) is 0.